The van der Waals surface area contributed by atoms with Gasteiger partial charge < -0.3 is 10.5 Å². The number of anilines is 1. The molecule has 0 aliphatic heterocycles. The monoisotopic (exact) mass is 276 g/mol. The molecule has 0 aromatic carbocycles. The minimum Gasteiger partial charge on any atom is -0.462 e. The van der Waals surface area contributed by atoms with Gasteiger partial charge in [-0.15, -0.1) is 0 Å². The van der Waals surface area contributed by atoms with Gasteiger partial charge in [-0.2, -0.15) is 5.10 Å². The first-order valence-corrected chi connectivity index (χ1v) is 6.88. The molecule has 0 spiro atoms. The Kier molecular flexibility index (Phi) is 4.22. The molecule has 2 aromatic rings. The summed E-state index contributed by atoms with van der Waals surface area (Å²) in [6.07, 6.45) is 3.77. The van der Waals surface area contributed by atoms with Crippen molar-refractivity contribution < 1.29 is 9.53 Å². The van der Waals surface area contributed by atoms with E-state index in [-0.39, 0.29) is 0 Å². The van der Waals surface area contributed by atoms with Crippen molar-refractivity contribution in [2.45, 2.75) is 40.2 Å². The number of hydrogen-bond acceptors (Lipinski definition) is 5. The number of fused-ring (bicyclic) bond motifs is 1. The van der Waals surface area contributed by atoms with Gasteiger partial charge in [-0.05, 0) is 20.3 Å². The molecule has 0 atom stereocenters. The summed E-state index contributed by atoms with van der Waals surface area (Å²) in [7, 11) is 0. The lowest BCUT2D eigenvalue weighted by Gasteiger charge is -2.10. The summed E-state index contributed by atoms with van der Waals surface area (Å²) in [4.78, 5) is 16.4. The standard InChI is InChI=1S/C14H20N4O2/c1-4-6-7-18-13-10(8-16-18)12(15)11(9(3)17-13)14(19)20-5-2/h8H,4-7H2,1-3H3,(H2,15,17). The van der Waals surface area contributed by atoms with Crippen molar-refractivity contribution in [2.24, 2.45) is 0 Å². The first-order chi connectivity index (χ1) is 9.60. The van der Waals surface area contributed by atoms with Gasteiger partial charge in [0.25, 0.3) is 0 Å². The van der Waals surface area contributed by atoms with E-state index in [2.05, 4.69) is 17.0 Å². The Morgan fingerprint density at radius 3 is 2.85 bits per heavy atom. The lowest BCUT2D eigenvalue weighted by Crippen LogP contribution is -2.12. The Labute approximate surface area is 117 Å². The first-order valence-electron chi connectivity index (χ1n) is 6.88. The average molecular weight is 276 g/mol. The summed E-state index contributed by atoms with van der Waals surface area (Å²) in [5.74, 6) is -0.432. The number of aryl methyl sites for hydroxylation is 2. The number of nitrogen functional groups attached to an aromatic ring is 1. The minimum atomic E-state index is -0.432. The molecule has 0 fully saturated rings. The molecule has 0 aliphatic carbocycles. The Morgan fingerprint density at radius 1 is 1.45 bits per heavy atom. The maximum atomic E-state index is 11.9. The Bertz CT molecular complexity index is 634. The number of unbranched alkanes of at least 4 members (excludes halogenated alkanes) is 1. The zero-order valence-electron chi connectivity index (χ0n) is 12.1. The highest BCUT2D eigenvalue weighted by molar-refractivity contribution is 6.04. The zero-order valence-corrected chi connectivity index (χ0v) is 12.1. The number of ether oxygens (including phenoxy) is 1. The van der Waals surface area contributed by atoms with Crippen LogP contribution in [0.4, 0.5) is 5.69 Å². The average Bonchev–Trinajstić information content (AvgIpc) is 2.80. The maximum absolute atomic E-state index is 11.9. The van der Waals surface area contributed by atoms with Gasteiger partial charge in [0.1, 0.15) is 5.56 Å². The predicted molar refractivity (Wildman–Crippen MR) is 77.5 cm³/mol. The van der Waals surface area contributed by atoms with Crippen LogP contribution in [0.25, 0.3) is 11.0 Å². The minimum absolute atomic E-state index is 0.311. The van der Waals surface area contributed by atoms with Crippen LogP contribution >= 0.6 is 0 Å². The maximum Gasteiger partial charge on any atom is 0.342 e. The third-order valence-corrected chi connectivity index (χ3v) is 3.21. The largest absolute Gasteiger partial charge is 0.462 e. The van der Waals surface area contributed by atoms with E-state index in [1.165, 1.54) is 0 Å². The Hall–Kier alpha value is -2.11. The van der Waals surface area contributed by atoms with E-state index >= 15 is 0 Å². The first kappa shape index (κ1) is 14.3. The molecule has 2 heterocycles. The van der Waals surface area contributed by atoms with Crippen LogP contribution in [0.1, 0.15) is 42.7 Å². The third-order valence-electron chi connectivity index (χ3n) is 3.21. The highest BCUT2D eigenvalue weighted by atomic mass is 16.5. The van der Waals surface area contributed by atoms with E-state index in [1.807, 2.05) is 4.68 Å². The van der Waals surface area contributed by atoms with Gasteiger partial charge in [-0.3, -0.25) is 0 Å². The van der Waals surface area contributed by atoms with Gasteiger partial charge in [-0.1, -0.05) is 13.3 Å². The number of rotatable bonds is 5. The SMILES string of the molecule is CCCCn1ncc2c(N)c(C(=O)OCC)c(C)nc21. The number of esters is 1. The summed E-state index contributed by atoms with van der Waals surface area (Å²) < 4.78 is 6.85. The molecule has 0 bridgehead atoms. The van der Waals surface area contributed by atoms with Gasteiger partial charge in [0.2, 0.25) is 0 Å². The predicted octanol–water partition coefficient (Wildman–Crippen LogP) is 2.30. The van der Waals surface area contributed by atoms with Crippen LogP contribution in [0.2, 0.25) is 0 Å². The number of aromatic nitrogens is 3. The van der Waals surface area contributed by atoms with Crippen molar-refractivity contribution in [2.75, 3.05) is 12.3 Å². The molecular weight excluding hydrogens is 256 g/mol. The topological polar surface area (TPSA) is 83.0 Å². The van der Waals surface area contributed by atoms with Crippen molar-refractivity contribution in [3.8, 4) is 0 Å². The smallest absolute Gasteiger partial charge is 0.342 e. The second-order valence-corrected chi connectivity index (χ2v) is 4.66. The van der Waals surface area contributed by atoms with E-state index in [4.69, 9.17) is 10.5 Å². The van der Waals surface area contributed by atoms with E-state index in [9.17, 15) is 4.79 Å². The molecule has 6 nitrogen and oxygen atoms in total. The molecule has 0 aliphatic rings. The van der Waals surface area contributed by atoms with Crippen LogP contribution in [-0.4, -0.2) is 27.3 Å². The highest BCUT2D eigenvalue weighted by Gasteiger charge is 2.20. The van der Waals surface area contributed by atoms with Crippen LogP contribution in [0, 0.1) is 6.92 Å². The van der Waals surface area contributed by atoms with E-state index < -0.39 is 5.97 Å². The fourth-order valence-corrected chi connectivity index (χ4v) is 2.16. The van der Waals surface area contributed by atoms with Crippen molar-refractivity contribution in [1.82, 2.24) is 14.8 Å². The number of nitrogens with two attached hydrogens (primary N) is 1. The summed E-state index contributed by atoms with van der Waals surface area (Å²) >= 11 is 0. The second kappa shape index (κ2) is 5.90. The Balaban J connectivity index is 2.51. The zero-order chi connectivity index (χ0) is 14.7. The molecule has 0 radical (unpaired) electrons. The second-order valence-electron chi connectivity index (χ2n) is 4.66. The van der Waals surface area contributed by atoms with Crippen molar-refractivity contribution in [3.05, 3.63) is 17.5 Å². The van der Waals surface area contributed by atoms with E-state index in [0.717, 1.165) is 25.0 Å². The van der Waals surface area contributed by atoms with Gasteiger partial charge in [0, 0.05) is 6.54 Å². The molecule has 20 heavy (non-hydrogen) atoms. The molecule has 0 amide bonds. The molecule has 0 unspecified atom stereocenters. The van der Waals surface area contributed by atoms with Crippen LogP contribution in [0.5, 0.6) is 0 Å². The molecule has 0 saturated heterocycles. The fourth-order valence-electron chi connectivity index (χ4n) is 2.16. The van der Waals surface area contributed by atoms with E-state index in [0.29, 0.717) is 28.9 Å². The fraction of sp³-hybridized carbons (Fsp3) is 0.500. The summed E-state index contributed by atoms with van der Waals surface area (Å²) in [5.41, 5.74) is 8.14. The van der Waals surface area contributed by atoms with E-state index in [1.54, 1.807) is 20.0 Å². The van der Waals surface area contributed by atoms with Gasteiger partial charge in [0.15, 0.2) is 5.65 Å². The molecule has 2 rings (SSSR count). The van der Waals surface area contributed by atoms with Crippen molar-refractivity contribution in [3.63, 3.8) is 0 Å². The van der Waals surface area contributed by atoms with Crippen LogP contribution in [0.3, 0.4) is 0 Å². The summed E-state index contributed by atoms with van der Waals surface area (Å²) in [6.45, 7) is 6.76. The van der Waals surface area contributed by atoms with Crippen LogP contribution in [-0.2, 0) is 11.3 Å². The molecule has 2 aromatic heterocycles. The van der Waals surface area contributed by atoms with Crippen LogP contribution in [0.15, 0.2) is 6.20 Å². The van der Waals surface area contributed by atoms with Crippen molar-refractivity contribution in [1.29, 1.82) is 0 Å². The quantitative estimate of drug-likeness (QED) is 0.847. The molecular formula is C14H20N4O2. The van der Waals surface area contributed by atoms with Crippen molar-refractivity contribution >= 4 is 22.7 Å². The number of carbonyl (C=O) groups is 1. The summed E-state index contributed by atoms with van der Waals surface area (Å²) in [5, 5.41) is 5.01. The lowest BCUT2D eigenvalue weighted by atomic mass is 10.1. The molecule has 0 saturated carbocycles. The molecule has 6 heteroatoms. The number of carbonyl (C=O) groups excluding carboxylic acids is 1. The van der Waals surface area contributed by atoms with Gasteiger partial charge in [0.05, 0.1) is 29.6 Å². The van der Waals surface area contributed by atoms with Crippen LogP contribution < -0.4 is 5.73 Å². The number of pyridine rings is 1. The number of hydrogen-bond donors (Lipinski definition) is 1. The normalized spacial score (nSPS) is 10.9. The summed E-state index contributed by atoms with van der Waals surface area (Å²) in [6, 6.07) is 0. The molecule has 108 valence electrons. The molecule has 2 N–H and O–H groups in total. The Morgan fingerprint density at radius 2 is 2.20 bits per heavy atom. The van der Waals surface area contributed by atoms with Gasteiger partial charge in [-0.25, -0.2) is 14.5 Å². The van der Waals surface area contributed by atoms with Gasteiger partial charge >= 0.3 is 5.97 Å². The third kappa shape index (κ3) is 2.45. The highest BCUT2D eigenvalue weighted by Crippen LogP contribution is 2.26. The number of nitrogens with zero attached hydrogens (tertiary/aromatic N) is 3. The lowest BCUT2D eigenvalue weighted by molar-refractivity contribution is 0.0526.